The molecule has 3 rings (SSSR count). The van der Waals surface area contributed by atoms with Gasteiger partial charge in [0.25, 0.3) is 11.8 Å². The fraction of sp³-hybridized carbons (Fsp3) is 0.545. The van der Waals surface area contributed by atoms with Gasteiger partial charge in [0, 0.05) is 5.69 Å². The number of hydrogen-bond donors (Lipinski definition) is 2. The Balaban J connectivity index is 1.53. The molecule has 0 radical (unpaired) electrons. The lowest BCUT2D eigenvalue weighted by molar-refractivity contribution is -0.155. The molecule has 1 fully saturated rings. The number of unbranched alkanes of at least 4 members (excludes halogenated alkanes) is 1. The van der Waals surface area contributed by atoms with E-state index in [1.54, 1.807) is 6.92 Å². The van der Waals surface area contributed by atoms with Crippen LogP contribution in [0, 0.1) is 0 Å². The fourth-order valence-corrected chi connectivity index (χ4v) is 3.90. The van der Waals surface area contributed by atoms with Crippen LogP contribution in [0.2, 0.25) is 0 Å². The minimum Gasteiger partial charge on any atom is -0.451 e. The first-order chi connectivity index (χ1) is 14.2. The zero-order valence-electron chi connectivity index (χ0n) is 17.7. The number of nitrogens with zero attached hydrogens (tertiary/aromatic N) is 1. The van der Waals surface area contributed by atoms with Crippen molar-refractivity contribution in [3.63, 3.8) is 0 Å². The summed E-state index contributed by atoms with van der Waals surface area (Å²) >= 11 is 0. The largest absolute Gasteiger partial charge is 0.451 e. The van der Waals surface area contributed by atoms with Crippen molar-refractivity contribution < 1.29 is 23.9 Å². The quantitative estimate of drug-likeness (QED) is 0.501. The van der Waals surface area contributed by atoms with Crippen LogP contribution in [-0.4, -0.2) is 46.9 Å². The number of rotatable bonds is 8. The van der Waals surface area contributed by atoms with E-state index < -0.39 is 42.0 Å². The number of fused-ring (bicyclic) bond motifs is 1. The third kappa shape index (κ3) is 4.63. The topological polar surface area (TPSA) is 105 Å². The number of aryl methyl sites for hydroxylation is 2. The molecule has 0 saturated carbocycles. The monoisotopic (exact) mass is 415 g/mol. The molecular formula is C22H29N3O5. The van der Waals surface area contributed by atoms with E-state index in [0.29, 0.717) is 12.1 Å². The summed E-state index contributed by atoms with van der Waals surface area (Å²) in [6.07, 6.45) is 4.27. The zero-order valence-corrected chi connectivity index (χ0v) is 17.7. The highest BCUT2D eigenvalue weighted by Crippen LogP contribution is 2.25. The second-order valence-corrected chi connectivity index (χ2v) is 8.22. The minimum atomic E-state index is -1.06. The van der Waals surface area contributed by atoms with Crippen LogP contribution in [0.25, 0.3) is 0 Å². The molecule has 162 valence electrons. The van der Waals surface area contributed by atoms with E-state index in [9.17, 15) is 19.2 Å². The second kappa shape index (κ2) is 8.85. The normalized spacial score (nSPS) is 21.2. The highest BCUT2D eigenvalue weighted by molar-refractivity contribution is 6.08. The summed E-state index contributed by atoms with van der Waals surface area (Å²) in [6, 6.07) is 5.16. The molecule has 2 N–H and O–H groups in total. The molecule has 1 aromatic rings. The average Bonchev–Trinajstić information content (AvgIpc) is 3.24. The smallest absolute Gasteiger partial charge is 0.327 e. The van der Waals surface area contributed by atoms with Crippen molar-refractivity contribution in [2.24, 2.45) is 0 Å². The van der Waals surface area contributed by atoms with Crippen molar-refractivity contribution in [2.45, 2.75) is 70.9 Å². The number of amides is 4. The Hall–Kier alpha value is -2.90. The lowest BCUT2D eigenvalue weighted by Crippen LogP contribution is -2.44. The molecule has 0 aromatic heterocycles. The molecule has 4 amide bonds. The molecule has 8 nitrogen and oxygen atoms in total. The second-order valence-electron chi connectivity index (χ2n) is 8.22. The number of urea groups is 1. The van der Waals surface area contributed by atoms with Gasteiger partial charge in [-0.05, 0) is 62.8 Å². The Morgan fingerprint density at radius 2 is 2.00 bits per heavy atom. The molecule has 0 bridgehead atoms. The Morgan fingerprint density at radius 3 is 2.73 bits per heavy atom. The third-order valence-electron chi connectivity index (χ3n) is 5.71. The zero-order chi connectivity index (χ0) is 21.9. The molecule has 0 spiro atoms. The van der Waals surface area contributed by atoms with Crippen molar-refractivity contribution in [2.75, 3.05) is 11.9 Å². The molecular weight excluding hydrogens is 386 g/mol. The number of ether oxygens (including phenoxy) is 1. The maximum atomic E-state index is 12.6. The van der Waals surface area contributed by atoms with Gasteiger partial charge in [-0.15, -0.1) is 0 Å². The van der Waals surface area contributed by atoms with E-state index in [2.05, 4.69) is 10.6 Å². The number of carbonyl (C=O) groups excluding carboxylic acids is 4. The SMILES string of the molecule is CCCC[C@]1(C)NC(=O)N(CC(=O)O[C@H](C)C(=O)Nc2ccc3c(c2)CCC3)C1=O. The van der Waals surface area contributed by atoms with Gasteiger partial charge in [0.2, 0.25) is 0 Å². The Kier molecular flexibility index (Phi) is 6.43. The van der Waals surface area contributed by atoms with Crippen LogP contribution >= 0.6 is 0 Å². The lowest BCUT2D eigenvalue weighted by Gasteiger charge is -2.21. The van der Waals surface area contributed by atoms with Gasteiger partial charge in [0.1, 0.15) is 12.1 Å². The van der Waals surface area contributed by atoms with Crippen LogP contribution < -0.4 is 10.6 Å². The van der Waals surface area contributed by atoms with E-state index in [4.69, 9.17) is 4.74 Å². The molecule has 1 aromatic carbocycles. The first-order valence-electron chi connectivity index (χ1n) is 10.5. The van der Waals surface area contributed by atoms with Crippen LogP contribution in [0.5, 0.6) is 0 Å². The number of carbonyl (C=O) groups is 4. The lowest BCUT2D eigenvalue weighted by atomic mass is 9.95. The predicted octanol–water partition coefficient (Wildman–Crippen LogP) is 2.55. The van der Waals surface area contributed by atoms with Crippen molar-refractivity contribution in [3.8, 4) is 0 Å². The summed E-state index contributed by atoms with van der Waals surface area (Å²) in [5, 5.41) is 5.40. The molecule has 1 aliphatic carbocycles. The van der Waals surface area contributed by atoms with Crippen molar-refractivity contribution in [1.29, 1.82) is 0 Å². The first kappa shape index (κ1) is 21.8. The first-order valence-corrected chi connectivity index (χ1v) is 10.5. The molecule has 0 unspecified atom stereocenters. The summed E-state index contributed by atoms with van der Waals surface area (Å²) in [4.78, 5) is 50.2. The Bertz CT molecular complexity index is 868. The molecule has 30 heavy (non-hydrogen) atoms. The van der Waals surface area contributed by atoms with Gasteiger partial charge in [-0.3, -0.25) is 19.3 Å². The standard InChI is InChI=1S/C22H29N3O5/c1-4-5-11-22(3)20(28)25(21(29)24-22)13-18(26)30-14(2)19(27)23-17-10-9-15-7-6-8-16(15)12-17/h9-10,12,14H,4-8,11,13H2,1-3H3,(H,23,27)(H,24,29)/t14-,22+/m1/s1. The molecule has 1 saturated heterocycles. The van der Waals surface area contributed by atoms with E-state index in [1.165, 1.54) is 18.1 Å². The maximum absolute atomic E-state index is 12.6. The van der Waals surface area contributed by atoms with Crippen molar-refractivity contribution >= 4 is 29.5 Å². The number of anilines is 1. The van der Waals surface area contributed by atoms with Crippen molar-refractivity contribution in [3.05, 3.63) is 29.3 Å². The van der Waals surface area contributed by atoms with E-state index >= 15 is 0 Å². The highest BCUT2D eigenvalue weighted by Gasteiger charge is 2.48. The number of imide groups is 1. The fourth-order valence-electron chi connectivity index (χ4n) is 3.90. The van der Waals surface area contributed by atoms with Gasteiger partial charge in [0.15, 0.2) is 6.10 Å². The Labute approximate surface area is 176 Å². The molecule has 2 atom stereocenters. The van der Waals surface area contributed by atoms with E-state index in [1.807, 2.05) is 25.1 Å². The number of benzene rings is 1. The Morgan fingerprint density at radius 1 is 1.27 bits per heavy atom. The summed E-state index contributed by atoms with van der Waals surface area (Å²) in [6.45, 7) is 4.58. The average molecular weight is 415 g/mol. The van der Waals surface area contributed by atoms with Gasteiger partial charge in [-0.2, -0.15) is 0 Å². The van der Waals surface area contributed by atoms with Crippen LogP contribution in [0.1, 0.15) is 57.6 Å². The summed E-state index contributed by atoms with van der Waals surface area (Å²) in [5.74, 6) is -1.73. The van der Waals surface area contributed by atoms with Gasteiger partial charge in [0.05, 0.1) is 0 Å². The molecule has 1 aliphatic heterocycles. The van der Waals surface area contributed by atoms with Crippen molar-refractivity contribution in [1.82, 2.24) is 10.2 Å². The molecule has 1 heterocycles. The van der Waals surface area contributed by atoms with E-state index in [-0.39, 0.29) is 0 Å². The van der Waals surface area contributed by atoms with Crippen LogP contribution in [0.15, 0.2) is 18.2 Å². The third-order valence-corrected chi connectivity index (χ3v) is 5.71. The number of nitrogens with one attached hydrogen (secondary N) is 2. The van der Waals surface area contributed by atoms with Gasteiger partial charge in [-0.25, -0.2) is 4.79 Å². The predicted molar refractivity (Wildman–Crippen MR) is 111 cm³/mol. The van der Waals surface area contributed by atoms with E-state index in [0.717, 1.165) is 37.0 Å². The van der Waals surface area contributed by atoms with Crippen LogP contribution in [0.4, 0.5) is 10.5 Å². The van der Waals surface area contributed by atoms with Crippen LogP contribution in [-0.2, 0) is 32.0 Å². The number of esters is 1. The highest BCUT2D eigenvalue weighted by atomic mass is 16.5. The maximum Gasteiger partial charge on any atom is 0.327 e. The summed E-state index contributed by atoms with van der Waals surface area (Å²) < 4.78 is 5.16. The minimum absolute atomic E-state index is 0.451. The van der Waals surface area contributed by atoms with Gasteiger partial charge >= 0.3 is 12.0 Å². The van der Waals surface area contributed by atoms with Gasteiger partial charge in [-0.1, -0.05) is 25.8 Å². The molecule has 8 heteroatoms. The summed E-state index contributed by atoms with van der Waals surface area (Å²) in [7, 11) is 0. The summed E-state index contributed by atoms with van der Waals surface area (Å²) in [5.41, 5.74) is 2.17. The number of hydrogen-bond acceptors (Lipinski definition) is 5. The van der Waals surface area contributed by atoms with Crippen LogP contribution in [0.3, 0.4) is 0 Å². The molecule has 2 aliphatic rings. The van der Waals surface area contributed by atoms with Gasteiger partial charge < -0.3 is 15.4 Å².